The van der Waals surface area contributed by atoms with Crippen molar-refractivity contribution in [3.63, 3.8) is 0 Å². The molecule has 0 atom stereocenters. The van der Waals surface area contributed by atoms with Gasteiger partial charge in [0.2, 0.25) is 0 Å². The van der Waals surface area contributed by atoms with Gasteiger partial charge in [-0.1, -0.05) is 164 Å². The molecule has 0 unspecified atom stereocenters. The molecule has 0 fully saturated rings. The van der Waals surface area contributed by atoms with E-state index in [1.807, 2.05) is 6.08 Å². The quantitative estimate of drug-likeness (QED) is 0.126. The molecule has 5 rings (SSSR count). The molecule has 0 saturated heterocycles. The second-order valence-electron chi connectivity index (χ2n) is 20.9. The van der Waals surface area contributed by atoms with Gasteiger partial charge in [0.25, 0.3) is 0 Å². The first kappa shape index (κ1) is 43.3. The zero-order valence-electron chi connectivity index (χ0n) is 36.9. The lowest BCUT2D eigenvalue weighted by Gasteiger charge is -2.29. The molecule has 0 aliphatic carbocycles. The highest BCUT2D eigenvalue weighted by molar-refractivity contribution is 6.68. The van der Waals surface area contributed by atoms with E-state index >= 15 is 0 Å². The van der Waals surface area contributed by atoms with Gasteiger partial charge in [-0.2, -0.15) is 0 Å². The van der Waals surface area contributed by atoms with E-state index in [0.29, 0.717) is 16.5 Å². The van der Waals surface area contributed by atoms with Crippen LogP contribution in [0.15, 0.2) is 78.9 Å². The molecular weight excluding hydrogens is 669 g/mol. The number of fused-ring (bicyclic) bond motifs is 3. The Bertz CT molecular complexity index is 2370. The molecule has 0 bridgehead atoms. The van der Waals surface area contributed by atoms with Crippen LogP contribution in [-0.4, -0.2) is 43.8 Å². The maximum absolute atomic E-state index is 6.85. The minimum atomic E-state index is -0.393. The Labute approximate surface area is 346 Å². The summed E-state index contributed by atoms with van der Waals surface area (Å²) in [4.78, 5) is 0. The van der Waals surface area contributed by atoms with Gasteiger partial charge in [0.15, 0.2) is 0 Å². The second-order valence-corrected chi connectivity index (χ2v) is 20.9. The van der Waals surface area contributed by atoms with Crippen LogP contribution >= 0.6 is 0 Å². The van der Waals surface area contributed by atoms with E-state index in [2.05, 4.69) is 176 Å². The molecule has 0 amide bonds. The van der Waals surface area contributed by atoms with Crippen molar-refractivity contribution in [2.24, 2.45) is 10.8 Å². The van der Waals surface area contributed by atoms with Crippen LogP contribution in [0.5, 0.6) is 0 Å². The Balaban J connectivity index is 2.17. The van der Waals surface area contributed by atoms with E-state index in [4.69, 9.17) is 39.2 Å². The van der Waals surface area contributed by atoms with Crippen molar-refractivity contribution in [2.45, 2.75) is 120 Å². The van der Waals surface area contributed by atoms with Crippen LogP contribution < -0.4 is 27.3 Å². The van der Waals surface area contributed by atoms with E-state index < -0.39 is 5.41 Å². The summed E-state index contributed by atoms with van der Waals surface area (Å²) in [6.07, 6.45) is 6.70. The molecule has 0 aliphatic heterocycles. The third-order valence-electron chi connectivity index (χ3n) is 10.9. The van der Waals surface area contributed by atoms with E-state index in [-0.39, 0.29) is 38.0 Å². The van der Waals surface area contributed by atoms with Crippen molar-refractivity contribution in [1.29, 1.82) is 0 Å². The molecule has 5 aromatic rings. The van der Waals surface area contributed by atoms with Crippen molar-refractivity contribution in [2.75, 3.05) is 0 Å². The number of nitrogens with zero attached hydrogens (tertiary/aromatic N) is 1. The summed E-state index contributed by atoms with van der Waals surface area (Å²) in [5.74, 6) is 0. The fraction of sp³-hybridized carbons (Fsp3) is 0.400. The molecule has 1 aromatic heterocycles. The Morgan fingerprint density at radius 1 is 0.589 bits per heavy atom. The van der Waals surface area contributed by atoms with Gasteiger partial charge in [-0.25, -0.2) is 0 Å². The van der Waals surface area contributed by atoms with Crippen LogP contribution in [0.25, 0.3) is 44.2 Å². The minimum Gasteiger partial charge on any atom is -0.309 e. The molecule has 1 nitrogen and oxygen atoms in total. The molecule has 278 valence electrons. The van der Waals surface area contributed by atoms with Crippen LogP contribution in [-0.2, 0) is 16.2 Å². The van der Waals surface area contributed by atoms with Gasteiger partial charge in [-0.3, -0.25) is 0 Å². The molecule has 0 N–H and O–H groups in total. The number of allylic oxidation sites excluding steroid dienone is 5. The summed E-state index contributed by atoms with van der Waals surface area (Å²) < 4.78 is 2.45. The van der Waals surface area contributed by atoms with Crippen LogP contribution in [0, 0.1) is 10.8 Å². The molecule has 4 aromatic carbocycles. The highest BCUT2D eigenvalue weighted by Gasteiger charge is 2.30. The first-order valence-electron chi connectivity index (χ1n) is 19.9. The second kappa shape index (κ2) is 14.6. The molecule has 0 spiro atoms. The Hall–Kier alpha value is -3.78. The number of rotatable bonds is 5. The first-order valence-corrected chi connectivity index (χ1v) is 19.9. The van der Waals surface area contributed by atoms with Crippen molar-refractivity contribution in [3.8, 4) is 16.8 Å². The lowest BCUT2D eigenvalue weighted by Crippen LogP contribution is -2.55. The SMILES string of the molecule is [B]c1c([B])c([B])c(-c2ccc3c(c2C(C)(C)C)c2c(C(=C/C(C)(C)C)/C=C(\C=C)C(C)(C)C)cccc2n3-c2cc(C(C)(C)C)cc(C(C)(C)C)c2)c([B])c1[B]. The number of benzene rings is 4. The van der Waals surface area contributed by atoms with E-state index in [1.54, 1.807) is 0 Å². The zero-order valence-corrected chi connectivity index (χ0v) is 36.9. The summed E-state index contributed by atoms with van der Waals surface area (Å²) in [5.41, 5.74) is 12.4. The van der Waals surface area contributed by atoms with Gasteiger partial charge in [-0.05, 0) is 95.9 Å². The largest absolute Gasteiger partial charge is 0.309 e. The Morgan fingerprint density at radius 3 is 1.54 bits per heavy atom. The Kier molecular flexibility index (Phi) is 11.3. The highest BCUT2D eigenvalue weighted by atomic mass is 15.0. The molecule has 0 saturated carbocycles. The van der Waals surface area contributed by atoms with Crippen LogP contribution in [0.1, 0.15) is 126 Å². The normalized spacial score (nSPS) is 13.9. The molecule has 56 heavy (non-hydrogen) atoms. The maximum atomic E-state index is 6.85. The molecule has 6 heteroatoms. The molecular formula is C50H58B5N. The third kappa shape index (κ3) is 8.15. The average Bonchev–Trinajstić information content (AvgIpc) is 3.40. The lowest BCUT2D eigenvalue weighted by atomic mass is 9.59. The summed E-state index contributed by atoms with van der Waals surface area (Å²) in [7, 11) is 33.1. The fourth-order valence-electron chi connectivity index (χ4n) is 7.82. The lowest BCUT2D eigenvalue weighted by molar-refractivity contribution is 0.517. The molecule has 10 radical (unpaired) electrons. The maximum Gasteiger partial charge on any atom is 0.113 e. The summed E-state index contributed by atoms with van der Waals surface area (Å²) in [6.45, 7) is 38.2. The average molecular weight is 727 g/mol. The summed E-state index contributed by atoms with van der Waals surface area (Å²) in [6, 6.07) is 18.2. The number of aromatic nitrogens is 1. The van der Waals surface area contributed by atoms with Crippen LogP contribution in [0.4, 0.5) is 0 Å². The van der Waals surface area contributed by atoms with Gasteiger partial charge < -0.3 is 4.57 Å². The van der Waals surface area contributed by atoms with E-state index in [0.717, 1.165) is 55.3 Å². The third-order valence-corrected chi connectivity index (χ3v) is 10.9. The summed E-state index contributed by atoms with van der Waals surface area (Å²) in [5, 5.41) is 2.27. The fourth-order valence-corrected chi connectivity index (χ4v) is 7.82. The predicted molar refractivity (Wildman–Crippen MR) is 254 cm³/mol. The van der Waals surface area contributed by atoms with Crippen molar-refractivity contribution >= 4 is 93.9 Å². The van der Waals surface area contributed by atoms with Gasteiger partial charge in [0.1, 0.15) is 39.2 Å². The van der Waals surface area contributed by atoms with Gasteiger partial charge in [0.05, 0.1) is 11.0 Å². The summed E-state index contributed by atoms with van der Waals surface area (Å²) >= 11 is 0. The van der Waals surface area contributed by atoms with E-state index in [9.17, 15) is 0 Å². The van der Waals surface area contributed by atoms with Crippen molar-refractivity contribution in [3.05, 3.63) is 101 Å². The topological polar surface area (TPSA) is 4.93 Å². The van der Waals surface area contributed by atoms with E-state index in [1.165, 1.54) is 11.1 Å². The predicted octanol–water partition coefficient (Wildman–Crippen LogP) is 8.90. The molecule has 0 aliphatic rings. The van der Waals surface area contributed by atoms with Crippen LogP contribution in [0.2, 0.25) is 0 Å². The van der Waals surface area contributed by atoms with Gasteiger partial charge >= 0.3 is 0 Å². The smallest absolute Gasteiger partial charge is 0.113 e. The molecule has 1 heterocycles. The Morgan fingerprint density at radius 2 is 1.09 bits per heavy atom. The van der Waals surface area contributed by atoms with Gasteiger partial charge in [-0.15, -0.1) is 16.4 Å². The number of hydrogen-bond donors (Lipinski definition) is 0. The highest BCUT2D eigenvalue weighted by Crippen LogP contribution is 2.47. The van der Waals surface area contributed by atoms with Crippen LogP contribution in [0.3, 0.4) is 0 Å². The first-order chi connectivity index (χ1) is 25.5. The van der Waals surface area contributed by atoms with Gasteiger partial charge in [0, 0.05) is 16.5 Å². The number of hydrogen-bond acceptors (Lipinski definition) is 0. The van der Waals surface area contributed by atoms with Crippen molar-refractivity contribution in [1.82, 2.24) is 4.57 Å². The van der Waals surface area contributed by atoms with Crippen molar-refractivity contribution < 1.29 is 0 Å². The zero-order chi connectivity index (χ0) is 42.2. The minimum absolute atomic E-state index is 0.0742. The standard InChI is InChI=1S/C50H58B5N/c1-17-29(47(5,6)7)23-28(27-46(2,3)4)33-19-18-20-35-37(33)39-36(56(35)32-25-30(48(8,9)10)24-31(26-32)49(11,12)13)22-21-34(40(39)50(14,15)16)38-41(51)43(53)45(55)44(54)42(38)52/h17-27H,1H2,2-16H3/b28-27+,29-23+. The monoisotopic (exact) mass is 728 g/mol.